The molecular weight excluding hydrogens is 330 g/mol. The molecule has 0 aliphatic rings. The fourth-order valence-corrected chi connectivity index (χ4v) is 2.41. The second kappa shape index (κ2) is 7.27. The van der Waals surface area contributed by atoms with Crippen molar-refractivity contribution in [2.24, 2.45) is 0 Å². The van der Waals surface area contributed by atoms with Crippen LogP contribution in [0.3, 0.4) is 0 Å². The van der Waals surface area contributed by atoms with E-state index in [1.807, 2.05) is 49.4 Å². The highest BCUT2D eigenvalue weighted by molar-refractivity contribution is 9.10. The Morgan fingerprint density at radius 2 is 1.90 bits per heavy atom. The average molecular weight is 348 g/mol. The van der Waals surface area contributed by atoms with Gasteiger partial charge < -0.3 is 10.1 Å². The van der Waals surface area contributed by atoms with Crippen molar-refractivity contribution in [1.29, 1.82) is 0 Å². The van der Waals surface area contributed by atoms with Gasteiger partial charge in [-0.3, -0.25) is 4.79 Å². The molecule has 4 heteroatoms. The van der Waals surface area contributed by atoms with Gasteiger partial charge in [-0.1, -0.05) is 34.1 Å². The lowest BCUT2D eigenvalue weighted by molar-refractivity contribution is 0.0953. The number of benzene rings is 2. The van der Waals surface area contributed by atoms with Crippen molar-refractivity contribution >= 4 is 21.8 Å². The molecule has 110 valence electrons. The van der Waals surface area contributed by atoms with Crippen molar-refractivity contribution in [3.8, 4) is 5.75 Å². The summed E-state index contributed by atoms with van der Waals surface area (Å²) >= 11 is 3.39. The summed E-state index contributed by atoms with van der Waals surface area (Å²) < 4.78 is 6.03. The van der Waals surface area contributed by atoms with Crippen LogP contribution >= 0.6 is 15.9 Å². The monoisotopic (exact) mass is 347 g/mol. The first kappa shape index (κ1) is 15.6. The predicted octanol–water partition coefficient (Wildman–Crippen LogP) is 3.74. The molecule has 3 nitrogen and oxygen atoms in total. The van der Waals surface area contributed by atoms with Crippen molar-refractivity contribution in [3.63, 3.8) is 0 Å². The lowest BCUT2D eigenvalue weighted by Gasteiger charge is -2.08. The molecular formula is C17H18BrNO2. The van der Waals surface area contributed by atoms with Crippen LogP contribution in [0.25, 0.3) is 0 Å². The summed E-state index contributed by atoms with van der Waals surface area (Å²) in [5.41, 5.74) is 2.85. The molecule has 0 bridgehead atoms. The van der Waals surface area contributed by atoms with Gasteiger partial charge in [0.25, 0.3) is 5.91 Å². The summed E-state index contributed by atoms with van der Waals surface area (Å²) in [4.78, 5) is 12.2. The fourth-order valence-electron chi connectivity index (χ4n) is 2.05. The Balaban J connectivity index is 1.90. The molecule has 0 saturated carbocycles. The molecule has 0 aliphatic carbocycles. The molecule has 2 rings (SSSR count). The van der Waals surface area contributed by atoms with Gasteiger partial charge in [0.15, 0.2) is 0 Å². The number of rotatable bonds is 5. The molecule has 0 fully saturated rings. The maximum Gasteiger partial charge on any atom is 0.251 e. The van der Waals surface area contributed by atoms with Gasteiger partial charge in [0.2, 0.25) is 0 Å². The summed E-state index contributed by atoms with van der Waals surface area (Å²) in [7, 11) is 1.65. The number of nitrogens with one attached hydrogen (secondary N) is 1. The first-order chi connectivity index (χ1) is 10.1. The number of ether oxygens (including phenoxy) is 1. The van der Waals surface area contributed by atoms with E-state index in [9.17, 15) is 4.79 Å². The SMILES string of the molecule is COc1ccc(CCNC(=O)c2cc(Br)ccc2C)cc1. The minimum Gasteiger partial charge on any atom is -0.497 e. The van der Waals surface area contributed by atoms with Gasteiger partial charge >= 0.3 is 0 Å². The van der Waals surface area contributed by atoms with Crippen LogP contribution < -0.4 is 10.1 Å². The third-order valence-corrected chi connectivity index (χ3v) is 3.80. The smallest absolute Gasteiger partial charge is 0.251 e. The van der Waals surface area contributed by atoms with Gasteiger partial charge in [-0.25, -0.2) is 0 Å². The summed E-state index contributed by atoms with van der Waals surface area (Å²) in [6, 6.07) is 13.6. The summed E-state index contributed by atoms with van der Waals surface area (Å²) in [5, 5.41) is 2.95. The van der Waals surface area contributed by atoms with Crippen molar-refractivity contribution in [1.82, 2.24) is 5.32 Å². The van der Waals surface area contributed by atoms with E-state index in [-0.39, 0.29) is 5.91 Å². The number of hydrogen-bond donors (Lipinski definition) is 1. The Morgan fingerprint density at radius 1 is 1.19 bits per heavy atom. The van der Waals surface area contributed by atoms with E-state index in [1.165, 1.54) is 5.56 Å². The molecule has 0 spiro atoms. The summed E-state index contributed by atoms with van der Waals surface area (Å²) in [5.74, 6) is 0.801. The zero-order valence-corrected chi connectivity index (χ0v) is 13.7. The van der Waals surface area contributed by atoms with E-state index in [1.54, 1.807) is 7.11 Å². The number of aryl methyl sites for hydroxylation is 1. The molecule has 0 unspecified atom stereocenters. The third-order valence-electron chi connectivity index (χ3n) is 3.30. The molecule has 2 aromatic carbocycles. The second-order valence-electron chi connectivity index (χ2n) is 4.81. The normalized spacial score (nSPS) is 10.2. The Morgan fingerprint density at radius 3 is 2.57 bits per heavy atom. The van der Waals surface area contributed by atoms with Crippen molar-refractivity contribution in [3.05, 3.63) is 63.6 Å². The Hall–Kier alpha value is -1.81. The quantitative estimate of drug-likeness (QED) is 0.894. The topological polar surface area (TPSA) is 38.3 Å². The van der Waals surface area contributed by atoms with Crippen LogP contribution in [0, 0.1) is 6.92 Å². The fraction of sp³-hybridized carbons (Fsp3) is 0.235. The van der Waals surface area contributed by atoms with E-state index >= 15 is 0 Å². The van der Waals surface area contributed by atoms with Crippen LogP contribution in [-0.4, -0.2) is 19.6 Å². The van der Waals surface area contributed by atoms with Crippen molar-refractivity contribution in [2.75, 3.05) is 13.7 Å². The maximum absolute atomic E-state index is 12.2. The number of carbonyl (C=O) groups excluding carboxylic acids is 1. The number of hydrogen-bond acceptors (Lipinski definition) is 2. The van der Waals surface area contributed by atoms with Crippen LogP contribution in [0.1, 0.15) is 21.5 Å². The third kappa shape index (κ3) is 4.33. The van der Waals surface area contributed by atoms with Crippen LogP contribution in [0.15, 0.2) is 46.9 Å². The molecule has 1 N–H and O–H groups in total. The van der Waals surface area contributed by atoms with Gasteiger partial charge in [0.1, 0.15) is 5.75 Å². The number of methoxy groups -OCH3 is 1. The minimum absolute atomic E-state index is 0.0395. The zero-order valence-electron chi connectivity index (χ0n) is 12.2. The Bertz CT molecular complexity index is 623. The zero-order chi connectivity index (χ0) is 15.2. The van der Waals surface area contributed by atoms with E-state index < -0.39 is 0 Å². The first-order valence-corrected chi connectivity index (χ1v) is 7.56. The largest absolute Gasteiger partial charge is 0.497 e. The molecule has 0 saturated heterocycles. The van der Waals surface area contributed by atoms with Gasteiger partial charge in [-0.15, -0.1) is 0 Å². The van der Waals surface area contributed by atoms with E-state index in [0.717, 1.165) is 22.2 Å². The van der Waals surface area contributed by atoms with Gasteiger partial charge in [-0.05, 0) is 48.7 Å². The van der Waals surface area contributed by atoms with Gasteiger partial charge in [0.05, 0.1) is 7.11 Å². The van der Waals surface area contributed by atoms with E-state index in [4.69, 9.17) is 4.74 Å². The van der Waals surface area contributed by atoms with Crippen LogP contribution in [0.2, 0.25) is 0 Å². The molecule has 0 radical (unpaired) electrons. The van der Waals surface area contributed by atoms with Crippen LogP contribution in [-0.2, 0) is 6.42 Å². The molecule has 0 aliphatic heterocycles. The molecule has 0 atom stereocenters. The molecule has 2 aromatic rings. The van der Waals surface area contributed by atoms with Crippen LogP contribution in [0.4, 0.5) is 0 Å². The summed E-state index contributed by atoms with van der Waals surface area (Å²) in [6.07, 6.45) is 0.794. The second-order valence-corrected chi connectivity index (χ2v) is 5.73. The standard InChI is InChI=1S/C17H18BrNO2/c1-12-3-6-14(18)11-16(12)17(20)19-10-9-13-4-7-15(21-2)8-5-13/h3-8,11H,9-10H2,1-2H3,(H,19,20). The first-order valence-electron chi connectivity index (χ1n) is 6.77. The average Bonchev–Trinajstić information content (AvgIpc) is 2.50. The predicted molar refractivity (Wildman–Crippen MR) is 87.9 cm³/mol. The van der Waals surface area contributed by atoms with Crippen molar-refractivity contribution in [2.45, 2.75) is 13.3 Å². The van der Waals surface area contributed by atoms with Gasteiger partial charge in [-0.2, -0.15) is 0 Å². The lowest BCUT2D eigenvalue weighted by atomic mass is 10.1. The highest BCUT2D eigenvalue weighted by atomic mass is 79.9. The van der Waals surface area contributed by atoms with Crippen LogP contribution in [0.5, 0.6) is 5.75 Å². The summed E-state index contributed by atoms with van der Waals surface area (Å²) in [6.45, 7) is 2.54. The van der Waals surface area contributed by atoms with Gasteiger partial charge in [0, 0.05) is 16.6 Å². The highest BCUT2D eigenvalue weighted by Gasteiger charge is 2.08. The Labute approximate surface area is 133 Å². The van der Waals surface area contributed by atoms with Crippen molar-refractivity contribution < 1.29 is 9.53 Å². The minimum atomic E-state index is -0.0395. The molecule has 0 aromatic heterocycles. The lowest BCUT2D eigenvalue weighted by Crippen LogP contribution is -2.26. The number of carbonyl (C=O) groups is 1. The molecule has 1 amide bonds. The maximum atomic E-state index is 12.2. The Kier molecular flexibility index (Phi) is 5.39. The molecule has 21 heavy (non-hydrogen) atoms. The highest BCUT2D eigenvalue weighted by Crippen LogP contribution is 2.16. The number of halogens is 1. The van der Waals surface area contributed by atoms with E-state index in [0.29, 0.717) is 12.1 Å². The number of amides is 1. The van der Waals surface area contributed by atoms with E-state index in [2.05, 4.69) is 21.2 Å². The molecule has 0 heterocycles.